The van der Waals surface area contributed by atoms with Crippen LogP contribution in [0.25, 0.3) is 0 Å². The summed E-state index contributed by atoms with van der Waals surface area (Å²) >= 11 is 0. The van der Waals surface area contributed by atoms with Crippen LogP contribution in [-0.2, 0) is 9.59 Å². The Labute approximate surface area is 220 Å². The van der Waals surface area contributed by atoms with E-state index in [1.54, 1.807) is 80.6 Å². The first-order chi connectivity index (χ1) is 18.3. The van der Waals surface area contributed by atoms with E-state index in [1.807, 2.05) is 6.07 Å². The third-order valence-electron chi connectivity index (χ3n) is 5.45. The van der Waals surface area contributed by atoms with Gasteiger partial charge in [-0.1, -0.05) is 44.2 Å². The van der Waals surface area contributed by atoms with Crippen molar-refractivity contribution >= 4 is 29.3 Å². The molecule has 0 aliphatic heterocycles. The highest BCUT2D eigenvalue weighted by atomic mass is 16.5. The highest BCUT2D eigenvalue weighted by molar-refractivity contribution is 6.09. The van der Waals surface area contributed by atoms with Crippen LogP contribution in [0.2, 0.25) is 0 Å². The van der Waals surface area contributed by atoms with E-state index in [2.05, 4.69) is 21.5 Å². The summed E-state index contributed by atoms with van der Waals surface area (Å²) in [7, 11) is 1.53. The lowest BCUT2D eigenvalue weighted by molar-refractivity contribution is -0.131. The smallest absolute Gasteiger partial charge is 0.276 e. The van der Waals surface area contributed by atoms with Gasteiger partial charge in [0, 0.05) is 5.56 Å². The lowest BCUT2D eigenvalue weighted by atomic mass is 10.0. The van der Waals surface area contributed by atoms with Crippen molar-refractivity contribution in [3.63, 3.8) is 0 Å². The van der Waals surface area contributed by atoms with Crippen molar-refractivity contribution in [2.75, 3.05) is 19.0 Å². The molecule has 0 saturated heterocycles. The second-order valence-electron chi connectivity index (χ2n) is 8.56. The molecular weight excluding hydrogens is 488 g/mol. The monoisotopic (exact) mass is 518 g/mol. The van der Waals surface area contributed by atoms with E-state index in [9.17, 15) is 19.2 Å². The standard InChI is InChI=1S/C28H30N4O6/c1-18(2)25(28(36)32-31-24(33)17-38-21-9-5-4-6-10-21)30-27(35)22-11-7-8-12-23(22)29-26(34)19-13-15-20(37-3)16-14-19/h4-16,18,25H,17H2,1-3H3,(H,29,34)(H,30,35)(H,31,33)(H,32,36)/t25-/m1/s1. The molecule has 0 heterocycles. The summed E-state index contributed by atoms with van der Waals surface area (Å²) in [5.74, 6) is -1.34. The Morgan fingerprint density at radius 1 is 0.763 bits per heavy atom. The van der Waals surface area contributed by atoms with Crippen molar-refractivity contribution in [2.24, 2.45) is 5.92 Å². The first-order valence-electron chi connectivity index (χ1n) is 11.9. The Bertz CT molecular complexity index is 1260. The van der Waals surface area contributed by atoms with E-state index >= 15 is 0 Å². The van der Waals surface area contributed by atoms with Crippen molar-refractivity contribution in [1.29, 1.82) is 0 Å². The van der Waals surface area contributed by atoms with E-state index in [0.29, 0.717) is 17.1 Å². The van der Waals surface area contributed by atoms with Gasteiger partial charge in [0.1, 0.15) is 17.5 Å². The van der Waals surface area contributed by atoms with Crippen LogP contribution in [0.3, 0.4) is 0 Å². The molecule has 3 rings (SSSR count). The number of hydrogen-bond donors (Lipinski definition) is 4. The minimum Gasteiger partial charge on any atom is -0.497 e. The number of rotatable bonds is 10. The minimum absolute atomic E-state index is 0.174. The van der Waals surface area contributed by atoms with E-state index < -0.39 is 29.7 Å². The van der Waals surface area contributed by atoms with Gasteiger partial charge in [0.2, 0.25) is 0 Å². The van der Waals surface area contributed by atoms with Gasteiger partial charge in [-0.2, -0.15) is 0 Å². The molecule has 0 saturated carbocycles. The van der Waals surface area contributed by atoms with E-state index in [-0.39, 0.29) is 23.8 Å². The van der Waals surface area contributed by atoms with Gasteiger partial charge in [-0.3, -0.25) is 30.0 Å². The number of benzene rings is 3. The Balaban J connectivity index is 1.60. The summed E-state index contributed by atoms with van der Waals surface area (Å²) in [6.07, 6.45) is 0. The second-order valence-corrected chi connectivity index (χ2v) is 8.56. The molecule has 0 spiro atoms. The van der Waals surface area contributed by atoms with Gasteiger partial charge in [0.25, 0.3) is 23.6 Å². The van der Waals surface area contributed by atoms with Gasteiger partial charge in [-0.15, -0.1) is 0 Å². The van der Waals surface area contributed by atoms with Crippen LogP contribution < -0.4 is 31.0 Å². The van der Waals surface area contributed by atoms with Crippen LogP contribution in [0, 0.1) is 5.92 Å². The lowest BCUT2D eigenvalue weighted by Crippen LogP contribution is -2.55. The molecule has 38 heavy (non-hydrogen) atoms. The maximum absolute atomic E-state index is 13.1. The van der Waals surface area contributed by atoms with Crippen LogP contribution in [0.15, 0.2) is 78.9 Å². The van der Waals surface area contributed by atoms with Crippen molar-refractivity contribution in [2.45, 2.75) is 19.9 Å². The predicted octanol–water partition coefficient (Wildman–Crippen LogP) is 2.93. The third-order valence-corrected chi connectivity index (χ3v) is 5.45. The summed E-state index contributed by atoms with van der Waals surface area (Å²) < 4.78 is 10.5. The Kier molecular flexibility index (Phi) is 9.81. The maximum Gasteiger partial charge on any atom is 0.276 e. The number of carbonyl (C=O) groups excluding carboxylic acids is 4. The quantitative estimate of drug-likeness (QED) is 0.305. The van der Waals surface area contributed by atoms with E-state index in [0.717, 1.165) is 0 Å². The van der Waals surface area contributed by atoms with Gasteiger partial charge in [-0.25, -0.2) is 0 Å². The zero-order chi connectivity index (χ0) is 27.5. The fraction of sp³-hybridized carbons (Fsp3) is 0.214. The number of hydrazine groups is 1. The SMILES string of the molecule is COc1ccc(C(=O)Nc2ccccc2C(=O)N[C@@H](C(=O)NNC(=O)COc2ccccc2)C(C)C)cc1. The molecule has 198 valence electrons. The zero-order valence-corrected chi connectivity index (χ0v) is 21.3. The van der Waals surface area contributed by atoms with Crippen molar-refractivity contribution in [3.8, 4) is 11.5 Å². The van der Waals surface area contributed by atoms with Crippen molar-refractivity contribution in [1.82, 2.24) is 16.2 Å². The minimum atomic E-state index is -0.969. The number of para-hydroxylation sites is 2. The topological polar surface area (TPSA) is 135 Å². The molecule has 10 heteroatoms. The lowest BCUT2D eigenvalue weighted by Gasteiger charge is -2.22. The predicted molar refractivity (Wildman–Crippen MR) is 142 cm³/mol. The normalized spacial score (nSPS) is 11.2. The molecule has 4 amide bonds. The number of anilines is 1. The molecule has 1 atom stereocenters. The number of hydrogen-bond acceptors (Lipinski definition) is 6. The van der Waals surface area contributed by atoms with Gasteiger partial charge in [0.15, 0.2) is 6.61 Å². The molecule has 0 radical (unpaired) electrons. The van der Waals surface area contributed by atoms with Crippen LogP contribution in [0.5, 0.6) is 11.5 Å². The van der Waals surface area contributed by atoms with Gasteiger partial charge in [0.05, 0.1) is 18.4 Å². The van der Waals surface area contributed by atoms with Crippen LogP contribution in [-0.4, -0.2) is 43.4 Å². The molecule has 0 aliphatic carbocycles. The first-order valence-corrected chi connectivity index (χ1v) is 11.9. The summed E-state index contributed by atoms with van der Waals surface area (Å²) in [5.41, 5.74) is 5.44. The number of methoxy groups -OCH3 is 1. The molecule has 0 unspecified atom stereocenters. The van der Waals surface area contributed by atoms with Gasteiger partial charge in [-0.05, 0) is 54.4 Å². The zero-order valence-electron chi connectivity index (χ0n) is 21.3. The molecule has 0 bridgehead atoms. The Hall–Kier alpha value is -4.86. The fourth-order valence-corrected chi connectivity index (χ4v) is 3.39. The summed E-state index contributed by atoms with van der Waals surface area (Å²) in [6, 6.07) is 20.8. The molecule has 10 nitrogen and oxygen atoms in total. The van der Waals surface area contributed by atoms with Crippen LogP contribution in [0.1, 0.15) is 34.6 Å². The average molecular weight is 519 g/mol. The van der Waals surface area contributed by atoms with Crippen LogP contribution >= 0.6 is 0 Å². The molecule has 4 N–H and O–H groups in total. The summed E-state index contributed by atoms with van der Waals surface area (Å²) in [5, 5.41) is 5.41. The Morgan fingerprint density at radius 2 is 1.42 bits per heavy atom. The summed E-state index contributed by atoms with van der Waals surface area (Å²) in [4.78, 5) is 50.7. The molecule has 0 fully saturated rings. The molecule has 0 aromatic heterocycles. The fourth-order valence-electron chi connectivity index (χ4n) is 3.39. The highest BCUT2D eigenvalue weighted by Gasteiger charge is 2.26. The molecule has 3 aromatic rings. The van der Waals surface area contributed by atoms with E-state index in [4.69, 9.17) is 9.47 Å². The number of amides is 4. The van der Waals surface area contributed by atoms with Crippen LogP contribution in [0.4, 0.5) is 5.69 Å². The average Bonchev–Trinajstić information content (AvgIpc) is 2.94. The van der Waals surface area contributed by atoms with Gasteiger partial charge >= 0.3 is 0 Å². The number of carbonyl (C=O) groups is 4. The van der Waals surface area contributed by atoms with E-state index in [1.165, 1.54) is 13.2 Å². The van der Waals surface area contributed by atoms with Gasteiger partial charge < -0.3 is 20.1 Å². The maximum atomic E-state index is 13.1. The number of nitrogens with one attached hydrogen (secondary N) is 4. The first kappa shape index (κ1) is 27.7. The molecular formula is C28H30N4O6. The largest absolute Gasteiger partial charge is 0.497 e. The third kappa shape index (κ3) is 7.82. The second kappa shape index (κ2) is 13.4. The van der Waals surface area contributed by atoms with Crippen molar-refractivity contribution < 1.29 is 28.7 Å². The summed E-state index contributed by atoms with van der Waals surface area (Å²) in [6.45, 7) is 3.20. The molecule has 3 aromatic carbocycles. The highest BCUT2D eigenvalue weighted by Crippen LogP contribution is 2.18. The number of ether oxygens (including phenoxy) is 2. The van der Waals surface area contributed by atoms with Crippen molar-refractivity contribution in [3.05, 3.63) is 90.0 Å². The Morgan fingerprint density at radius 3 is 2.08 bits per heavy atom. The molecule has 0 aliphatic rings.